The largest absolute Gasteiger partial charge is 0.481 e. The monoisotopic (exact) mass is 306 g/mol. The van der Waals surface area contributed by atoms with Gasteiger partial charge in [0.25, 0.3) is 5.91 Å². The van der Waals surface area contributed by atoms with Crippen LogP contribution in [-0.4, -0.2) is 45.6 Å². The summed E-state index contributed by atoms with van der Waals surface area (Å²) in [6.07, 6.45) is 4.90. The van der Waals surface area contributed by atoms with E-state index in [1.54, 1.807) is 23.2 Å². The molecule has 120 valence electrons. The molecule has 1 aromatic heterocycles. The molecule has 0 atom stereocenters. The first-order chi connectivity index (χ1) is 10.5. The Kier molecular flexibility index (Phi) is 5.35. The van der Waals surface area contributed by atoms with Crippen LogP contribution in [0.4, 0.5) is 0 Å². The van der Waals surface area contributed by atoms with Gasteiger partial charge in [-0.1, -0.05) is 0 Å². The fraction of sp³-hybridized carbons (Fsp3) is 0.562. The number of carboxylic acids is 1. The van der Waals surface area contributed by atoms with Crippen LogP contribution in [-0.2, 0) is 4.79 Å². The Morgan fingerprint density at radius 1 is 1.45 bits per heavy atom. The lowest BCUT2D eigenvalue weighted by Gasteiger charge is -2.27. The van der Waals surface area contributed by atoms with Crippen LogP contribution in [0, 0.1) is 0 Å². The Labute approximate surface area is 130 Å². The Balaban J connectivity index is 2.08. The summed E-state index contributed by atoms with van der Waals surface area (Å²) in [5.41, 5.74) is 0.475. The van der Waals surface area contributed by atoms with E-state index in [4.69, 9.17) is 9.84 Å². The Bertz CT molecular complexity index is 541. The van der Waals surface area contributed by atoms with Gasteiger partial charge in [0, 0.05) is 30.4 Å². The molecule has 0 radical (unpaired) electrons. The SMILES string of the molecule is CC(C)N(CCC(=O)O)C(=O)c1ccnc(OC2CCC2)c1. The summed E-state index contributed by atoms with van der Waals surface area (Å²) >= 11 is 0. The zero-order valence-corrected chi connectivity index (χ0v) is 13.0. The molecule has 1 saturated carbocycles. The molecule has 0 saturated heterocycles. The highest BCUT2D eigenvalue weighted by molar-refractivity contribution is 5.94. The van der Waals surface area contributed by atoms with Gasteiger partial charge in [-0.3, -0.25) is 9.59 Å². The molecule has 0 aliphatic heterocycles. The van der Waals surface area contributed by atoms with Crippen LogP contribution in [0.2, 0.25) is 0 Å². The topological polar surface area (TPSA) is 79.7 Å². The average molecular weight is 306 g/mol. The molecular formula is C16H22N2O4. The number of ether oxygens (including phenoxy) is 1. The maximum atomic E-state index is 12.6. The highest BCUT2D eigenvalue weighted by Gasteiger charge is 2.22. The number of hydrogen-bond donors (Lipinski definition) is 1. The van der Waals surface area contributed by atoms with Gasteiger partial charge >= 0.3 is 5.97 Å². The number of nitrogens with zero attached hydrogens (tertiary/aromatic N) is 2. The second-order valence-electron chi connectivity index (χ2n) is 5.79. The Morgan fingerprint density at radius 3 is 2.73 bits per heavy atom. The molecule has 6 nitrogen and oxygen atoms in total. The number of aliphatic carboxylic acids is 1. The predicted molar refractivity (Wildman–Crippen MR) is 80.9 cm³/mol. The molecule has 1 fully saturated rings. The Hall–Kier alpha value is -2.11. The first-order valence-electron chi connectivity index (χ1n) is 7.63. The minimum absolute atomic E-state index is 0.0690. The predicted octanol–water partition coefficient (Wildman–Crippen LogP) is 2.34. The zero-order chi connectivity index (χ0) is 16.1. The third kappa shape index (κ3) is 4.19. The average Bonchev–Trinajstić information content (AvgIpc) is 2.42. The number of hydrogen-bond acceptors (Lipinski definition) is 4. The Morgan fingerprint density at radius 2 is 2.18 bits per heavy atom. The van der Waals surface area contributed by atoms with Crippen molar-refractivity contribution in [3.8, 4) is 5.88 Å². The highest BCUT2D eigenvalue weighted by atomic mass is 16.5. The van der Waals surface area contributed by atoms with E-state index in [2.05, 4.69) is 4.98 Å². The molecule has 0 spiro atoms. The van der Waals surface area contributed by atoms with Crippen LogP contribution >= 0.6 is 0 Å². The molecule has 1 amide bonds. The summed E-state index contributed by atoms with van der Waals surface area (Å²) < 4.78 is 5.70. The minimum atomic E-state index is -0.915. The van der Waals surface area contributed by atoms with Gasteiger partial charge in [0.05, 0.1) is 6.42 Å². The summed E-state index contributed by atoms with van der Waals surface area (Å²) in [5.74, 6) is -0.656. The minimum Gasteiger partial charge on any atom is -0.481 e. The molecule has 0 bridgehead atoms. The number of rotatable bonds is 7. The van der Waals surface area contributed by atoms with Crippen LogP contribution in [0.25, 0.3) is 0 Å². The summed E-state index contributed by atoms with van der Waals surface area (Å²) in [5, 5.41) is 8.81. The molecule has 1 heterocycles. The zero-order valence-electron chi connectivity index (χ0n) is 13.0. The normalized spacial score (nSPS) is 14.5. The van der Waals surface area contributed by atoms with Crippen LogP contribution in [0.15, 0.2) is 18.3 Å². The number of carbonyl (C=O) groups excluding carboxylic acids is 1. The van der Waals surface area contributed by atoms with Crippen molar-refractivity contribution < 1.29 is 19.4 Å². The van der Waals surface area contributed by atoms with Crippen molar-refractivity contribution in [3.05, 3.63) is 23.9 Å². The van der Waals surface area contributed by atoms with E-state index in [9.17, 15) is 9.59 Å². The first-order valence-corrected chi connectivity index (χ1v) is 7.63. The summed E-state index contributed by atoms with van der Waals surface area (Å²) in [6, 6.07) is 3.19. The molecule has 2 rings (SSSR count). The van der Waals surface area contributed by atoms with Crippen LogP contribution in [0.1, 0.15) is 49.9 Å². The van der Waals surface area contributed by atoms with Crippen molar-refractivity contribution in [2.45, 2.75) is 51.7 Å². The smallest absolute Gasteiger partial charge is 0.305 e. The van der Waals surface area contributed by atoms with E-state index in [1.807, 2.05) is 13.8 Å². The van der Waals surface area contributed by atoms with E-state index in [1.165, 1.54) is 6.42 Å². The van der Waals surface area contributed by atoms with Crippen molar-refractivity contribution in [1.29, 1.82) is 0 Å². The van der Waals surface area contributed by atoms with Gasteiger partial charge in [-0.2, -0.15) is 0 Å². The van der Waals surface area contributed by atoms with Crippen molar-refractivity contribution in [3.63, 3.8) is 0 Å². The van der Waals surface area contributed by atoms with Crippen molar-refractivity contribution in [2.75, 3.05) is 6.54 Å². The quantitative estimate of drug-likeness (QED) is 0.836. The molecule has 1 aliphatic carbocycles. The summed E-state index contributed by atoms with van der Waals surface area (Å²) in [6.45, 7) is 3.92. The second kappa shape index (κ2) is 7.24. The van der Waals surface area contributed by atoms with Crippen LogP contribution < -0.4 is 4.74 Å². The number of amides is 1. The molecule has 6 heteroatoms. The highest BCUT2D eigenvalue weighted by Crippen LogP contribution is 2.24. The molecule has 0 unspecified atom stereocenters. The summed E-state index contributed by atoms with van der Waals surface area (Å²) in [4.78, 5) is 29.0. The standard InChI is InChI=1S/C16H22N2O4/c1-11(2)18(9-7-15(19)20)16(21)12-6-8-17-14(10-12)22-13-4-3-5-13/h6,8,10-11,13H,3-5,7,9H2,1-2H3,(H,19,20). The molecule has 1 aliphatic rings. The van der Waals surface area contributed by atoms with E-state index in [0.717, 1.165) is 12.8 Å². The first kappa shape index (κ1) is 16.3. The molecule has 0 aromatic carbocycles. The third-order valence-electron chi connectivity index (χ3n) is 3.77. The maximum absolute atomic E-state index is 12.6. The van der Waals surface area contributed by atoms with Gasteiger partial charge in [0.2, 0.25) is 5.88 Å². The van der Waals surface area contributed by atoms with Crippen LogP contribution in [0.5, 0.6) is 5.88 Å². The van der Waals surface area contributed by atoms with E-state index < -0.39 is 5.97 Å². The molecule has 22 heavy (non-hydrogen) atoms. The fourth-order valence-electron chi connectivity index (χ4n) is 2.24. The second-order valence-corrected chi connectivity index (χ2v) is 5.79. The van der Waals surface area contributed by atoms with Gasteiger partial charge in [0.15, 0.2) is 0 Å². The number of carbonyl (C=O) groups is 2. The van der Waals surface area contributed by atoms with Gasteiger partial charge < -0.3 is 14.7 Å². The number of pyridine rings is 1. The fourth-order valence-corrected chi connectivity index (χ4v) is 2.24. The van der Waals surface area contributed by atoms with Gasteiger partial charge in [0.1, 0.15) is 6.10 Å². The molecule has 1 aromatic rings. The van der Waals surface area contributed by atoms with Crippen molar-refractivity contribution >= 4 is 11.9 Å². The lowest BCUT2D eigenvalue weighted by Crippen LogP contribution is -2.38. The van der Waals surface area contributed by atoms with Gasteiger partial charge in [-0.15, -0.1) is 0 Å². The van der Waals surface area contributed by atoms with E-state index in [0.29, 0.717) is 11.4 Å². The lowest BCUT2D eigenvalue weighted by molar-refractivity contribution is -0.137. The van der Waals surface area contributed by atoms with E-state index in [-0.39, 0.29) is 31.0 Å². The van der Waals surface area contributed by atoms with Crippen molar-refractivity contribution in [1.82, 2.24) is 9.88 Å². The van der Waals surface area contributed by atoms with Crippen molar-refractivity contribution in [2.24, 2.45) is 0 Å². The molecule has 1 N–H and O–H groups in total. The molecular weight excluding hydrogens is 284 g/mol. The van der Waals surface area contributed by atoms with Gasteiger partial charge in [-0.05, 0) is 39.2 Å². The van der Waals surface area contributed by atoms with E-state index >= 15 is 0 Å². The number of aromatic nitrogens is 1. The van der Waals surface area contributed by atoms with Crippen LogP contribution in [0.3, 0.4) is 0 Å². The third-order valence-corrected chi connectivity index (χ3v) is 3.77. The number of carboxylic acid groups (broad SMARTS) is 1. The summed E-state index contributed by atoms with van der Waals surface area (Å²) in [7, 11) is 0. The maximum Gasteiger partial charge on any atom is 0.305 e. The van der Waals surface area contributed by atoms with Gasteiger partial charge in [-0.25, -0.2) is 4.98 Å². The lowest BCUT2D eigenvalue weighted by atomic mass is 9.96.